The summed E-state index contributed by atoms with van der Waals surface area (Å²) in [5.74, 6) is -1.62. The minimum Gasteiger partial charge on any atom is -0.475 e. The SMILES string of the molecule is Cc1cc(F)cc2c(C(C)(C)C)c(C(=O)O)oc12. The number of carbonyl (C=O) groups is 1. The predicted molar refractivity (Wildman–Crippen MR) is 66.6 cm³/mol. The molecule has 0 spiro atoms. The van der Waals surface area contributed by atoms with Crippen molar-refractivity contribution in [3.8, 4) is 0 Å². The quantitative estimate of drug-likeness (QED) is 0.835. The van der Waals surface area contributed by atoms with E-state index < -0.39 is 11.4 Å². The first-order valence-corrected chi connectivity index (χ1v) is 5.68. The molecule has 0 amide bonds. The maximum absolute atomic E-state index is 13.5. The highest BCUT2D eigenvalue weighted by Gasteiger charge is 2.29. The molecule has 0 bridgehead atoms. The second-order valence-electron chi connectivity index (χ2n) is 5.46. The highest BCUT2D eigenvalue weighted by atomic mass is 19.1. The first kappa shape index (κ1) is 12.6. The van der Waals surface area contributed by atoms with Gasteiger partial charge in [-0.1, -0.05) is 20.8 Å². The van der Waals surface area contributed by atoms with Crippen molar-refractivity contribution in [2.45, 2.75) is 33.1 Å². The summed E-state index contributed by atoms with van der Waals surface area (Å²) in [6.07, 6.45) is 0. The molecule has 0 saturated heterocycles. The van der Waals surface area contributed by atoms with Crippen molar-refractivity contribution in [2.24, 2.45) is 0 Å². The molecule has 0 aliphatic carbocycles. The first-order chi connectivity index (χ1) is 8.21. The summed E-state index contributed by atoms with van der Waals surface area (Å²) < 4.78 is 18.9. The number of carboxylic acids is 1. The van der Waals surface area contributed by atoms with Crippen LogP contribution in [0.5, 0.6) is 0 Å². The summed E-state index contributed by atoms with van der Waals surface area (Å²) >= 11 is 0. The van der Waals surface area contributed by atoms with Crippen molar-refractivity contribution < 1.29 is 18.7 Å². The van der Waals surface area contributed by atoms with E-state index >= 15 is 0 Å². The van der Waals surface area contributed by atoms with Gasteiger partial charge in [0.15, 0.2) is 0 Å². The Morgan fingerprint density at radius 2 is 1.94 bits per heavy atom. The largest absolute Gasteiger partial charge is 0.475 e. The Bertz CT molecular complexity index is 633. The lowest BCUT2D eigenvalue weighted by Crippen LogP contribution is -2.15. The van der Waals surface area contributed by atoms with Crippen LogP contribution in [-0.4, -0.2) is 11.1 Å². The number of fused-ring (bicyclic) bond motifs is 1. The number of rotatable bonds is 1. The summed E-state index contributed by atoms with van der Waals surface area (Å²) in [7, 11) is 0. The Hall–Kier alpha value is -1.84. The zero-order valence-electron chi connectivity index (χ0n) is 10.8. The van der Waals surface area contributed by atoms with Crippen molar-refractivity contribution in [1.29, 1.82) is 0 Å². The fourth-order valence-corrected chi connectivity index (χ4v) is 2.22. The van der Waals surface area contributed by atoms with Gasteiger partial charge in [0.05, 0.1) is 0 Å². The van der Waals surface area contributed by atoms with Crippen LogP contribution in [0, 0.1) is 12.7 Å². The van der Waals surface area contributed by atoms with Crippen molar-refractivity contribution in [2.75, 3.05) is 0 Å². The number of furan rings is 1. The third kappa shape index (κ3) is 1.88. The average molecular weight is 250 g/mol. The zero-order chi connectivity index (χ0) is 13.7. The number of hydrogen-bond acceptors (Lipinski definition) is 2. The van der Waals surface area contributed by atoms with Gasteiger partial charge in [0.1, 0.15) is 11.4 Å². The summed E-state index contributed by atoms with van der Waals surface area (Å²) in [5, 5.41) is 9.74. The van der Waals surface area contributed by atoms with E-state index in [0.717, 1.165) is 0 Å². The molecule has 1 heterocycles. The van der Waals surface area contributed by atoms with Gasteiger partial charge in [-0.15, -0.1) is 0 Å². The van der Waals surface area contributed by atoms with Crippen molar-refractivity contribution in [3.05, 3.63) is 34.8 Å². The van der Waals surface area contributed by atoms with Gasteiger partial charge in [-0.25, -0.2) is 9.18 Å². The van der Waals surface area contributed by atoms with Crippen LogP contribution in [0.2, 0.25) is 0 Å². The van der Waals surface area contributed by atoms with Crippen LogP contribution in [0.15, 0.2) is 16.5 Å². The molecule has 4 heteroatoms. The van der Waals surface area contributed by atoms with E-state index in [1.807, 2.05) is 20.8 Å². The summed E-state index contributed by atoms with van der Waals surface area (Å²) in [6.45, 7) is 7.34. The number of halogens is 1. The van der Waals surface area contributed by atoms with Crippen LogP contribution in [0.1, 0.15) is 42.5 Å². The molecule has 0 saturated carbocycles. The van der Waals surface area contributed by atoms with E-state index in [0.29, 0.717) is 22.1 Å². The second-order valence-corrected chi connectivity index (χ2v) is 5.46. The number of hydrogen-bond donors (Lipinski definition) is 1. The molecular weight excluding hydrogens is 235 g/mol. The van der Waals surface area contributed by atoms with Gasteiger partial charge >= 0.3 is 5.97 Å². The van der Waals surface area contributed by atoms with Crippen molar-refractivity contribution in [1.82, 2.24) is 0 Å². The molecule has 1 aromatic carbocycles. The van der Waals surface area contributed by atoms with Crippen LogP contribution in [-0.2, 0) is 5.41 Å². The van der Waals surface area contributed by atoms with Gasteiger partial charge in [-0.05, 0) is 30.0 Å². The fourth-order valence-electron chi connectivity index (χ4n) is 2.22. The van der Waals surface area contributed by atoms with Gasteiger partial charge in [0.25, 0.3) is 0 Å². The van der Waals surface area contributed by atoms with Gasteiger partial charge in [0, 0.05) is 10.9 Å². The third-order valence-electron chi connectivity index (χ3n) is 2.88. The van der Waals surface area contributed by atoms with Gasteiger partial charge in [0.2, 0.25) is 5.76 Å². The molecule has 0 unspecified atom stereocenters. The standard InChI is InChI=1S/C14H15FO3/c1-7-5-8(15)6-9-10(14(2,3)4)12(13(16)17)18-11(7)9/h5-6H,1-4H3,(H,16,17). The Labute approximate surface area is 104 Å². The number of carboxylic acid groups (broad SMARTS) is 1. The highest BCUT2D eigenvalue weighted by molar-refractivity contribution is 5.96. The van der Waals surface area contributed by atoms with E-state index in [-0.39, 0.29) is 11.6 Å². The van der Waals surface area contributed by atoms with Gasteiger partial charge in [-0.3, -0.25) is 0 Å². The summed E-state index contributed by atoms with van der Waals surface area (Å²) in [6, 6.07) is 2.67. The maximum Gasteiger partial charge on any atom is 0.372 e. The normalized spacial score (nSPS) is 12.1. The zero-order valence-corrected chi connectivity index (χ0v) is 10.8. The predicted octanol–water partition coefficient (Wildman–Crippen LogP) is 3.88. The lowest BCUT2D eigenvalue weighted by Gasteiger charge is -2.18. The van der Waals surface area contributed by atoms with Crippen LogP contribution in [0.3, 0.4) is 0 Å². The smallest absolute Gasteiger partial charge is 0.372 e. The third-order valence-corrected chi connectivity index (χ3v) is 2.88. The maximum atomic E-state index is 13.5. The Morgan fingerprint density at radius 3 is 2.44 bits per heavy atom. The molecule has 2 rings (SSSR count). The summed E-state index contributed by atoms with van der Waals surface area (Å²) in [4.78, 5) is 11.2. The fraction of sp³-hybridized carbons (Fsp3) is 0.357. The van der Waals surface area contributed by atoms with Crippen LogP contribution < -0.4 is 0 Å². The molecule has 3 nitrogen and oxygen atoms in total. The molecule has 0 aliphatic rings. The Kier molecular flexibility index (Phi) is 2.69. The molecule has 2 aromatic rings. The van der Waals surface area contributed by atoms with Crippen molar-refractivity contribution >= 4 is 16.9 Å². The number of benzene rings is 1. The van der Waals surface area contributed by atoms with E-state index in [1.165, 1.54) is 12.1 Å². The molecule has 96 valence electrons. The Balaban J connectivity index is 2.95. The van der Waals surface area contributed by atoms with Gasteiger partial charge in [-0.2, -0.15) is 0 Å². The number of aromatic carboxylic acids is 1. The lowest BCUT2D eigenvalue weighted by molar-refractivity contribution is 0.0661. The average Bonchev–Trinajstić information content (AvgIpc) is 2.56. The van der Waals surface area contributed by atoms with E-state index in [9.17, 15) is 14.3 Å². The molecule has 1 N–H and O–H groups in total. The Morgan fingerprint density at radius 1 is 1.33 bits per heavy atom. The highest BCUT2D eigenvalue weighted by Crippen LogP contribution is 2.37. The van der Waals surface area contributed by atoms with Crippen LogP contribution in [0.25, 0.3) is 11.0 Å². The van der Waals surface area contributed by atoms with E-state index in [4.69, 9.17) is 4.42 Å². The molecule has 0 radical (unpaired) electrons. The molecule has 0 fully saturated rings. The molecule has 0 aliphatic heterocycles. The van der Waals surface area contributed by atoms with Crippen molar-refractivity contribution in [3.63, 3.8) is 0 Å². The molecule has 0 atom stereocenters. The van der Waals surface area contributed by atoms with Gasteiger partial charge < -0.3 is 9.52 Å². The first-order valence-electron chi connectivity index (χ1n) is 5.68. The topological polar surface area (TPSA) is 50.4 Å². The lowest BCUT2D eigenvalue weighted by atomic mass is 9.84. The van der Waals surface area contributed by atoms with Crippen LogP contribution >= 0.6 is 0 Å². The van der Waals surface area contributed by atoms with E-state index in [1.54, 1.807) is 6.92 Å². The minimum absolute atomic E-state index is 0.105. The minimum atomic E-state index is -1.13. The van der Waals surface area contributed by atoms with Crippen LogP contribution in [0.4, 0.5) is 4.39 Å². The molecule has 18 heavy (non-hydrogen) atoms. The molecular formula is C14H15FO3. The van der Waals surface area contributed by atoms with E-state index in [2.05, 4.69) is 0 Å². The number of aryl methyl sites for hydroxylation is 1. The molecule has 1 aromatic heterocycles. The monoisotopic (exact) mass is 250 g/mol. The second kappa shape index (κ2) is 3.83. The summed E-state index contributed by atoms with van der Waals surface area (Å²) in [5.41, 5.74) is 1.15.